The first-order valence-corrected chi connectivity index (χ1v) is 12.9. The monoisotopic (exact) mass is 497 g/mol. The van der Waals surface area contributed by atoms with E-state index in [9.17, 15) is 4.79 Å². The highest BCUT2D eigenvalue weighted by molar-refractivity contribution is 5.83. The molecule has 0 radical (unpaired) electrons. The van der Waals surface area contributed by atoms with Gasteiger partial charge in [-0.05, 0) is 47.4 Å². The lowest BCUT2D eigenvalue weighted by Gasteiger charge is -2.38. The Bertz CT molecular complexity index is 1180. The molecule has 0 spiro atoms. The molecular weight excluding hydrogens is 462 g/mol. The molecule has 0 unspecified atom stereocenters. The largest absolute Gasteiger partial charge is 0.497 e. The standard InChI is InChI=1S/C31H35N3O3/c1-3-29(26-8-5-4-6-9-26)31(35)34-18-16-33(17-19-34)22-30(27-10-7-11-28(20-27)36-2)37-23-25-14-12-24(21-32)13-15-25/h4-15,20,29-30H,3,16-19,22-23H2,1-2H3/t29-,30+/m1/s1. The summed E-state index contributed by atoms with van der Waals surface area (Å²) in [5.74, 6) is 0.925. The number of nitrogens with zero attached hydrogens (tertiary/aromatic N) is 3. The van der Waals surface area contributed by atoms with Crippen molar-refractivity contribution in [1.29, 1.82) is 5.26 Å². The molecule has 2 atom stereocenters. The average Bonchev–Trinajstić information content (AvgIpc) is 2.96. The van der Waals surface area contributed by atoms with Crippen molar-refractivity contribution in [2.75, 3.05) is 39.8 Å². The van der Waals surface area contributed by atoms with E-state index in [1.54, 1.807) is 7.11 Å². The van der Waals surface area contributed by atoms with E-state index in [0.29, 0.717) is 25.3 Å². The second-order valence-electron chi connectivity index (χ2n) is 9.38. The van der Waals surface area contributed by atoms with Crippen LogP contribution in [0.3, 0.4) is 0 Å². The van der Waals surface area contributed by atoms with Gasteiger partial charge in [-0.2, -0.15) is 5.26 Å². The third-order valence-electron chi connectivity index (χ3n) is 7.02. The van der Waals surface area contributed by atoms with Crippen molar-refractivity contribution in [2.45, 2.75) is 32.0 Å². The minimum absolute atomic E-state index is 0.0898. The molecule has 0 aliphatic carbocycles. The highest BCUT2D eigenvalue weighted by Crippen LogP contribution is 2.26. The smallest absolute Gasteiger partial charge is 0.230 e. The van der Waals surface area contributed by atoms with Crippen molar-refractivity contribution in [3.63, 3.8) is 0 Å². The fourth-order valence-electron chi connectivity index (χ4n) is 4.81. The number of methoxy groups -OCH3 is 1. The Balaban J connectivity index is 1.40. The molecule has 37 heavy (non-hydrogen) atoms. The molecule has 1 aliphatic rings. The van der Waals surface area contributed by atoms with Crippen LogP contribution in [0.2, 0.25) is 0 Å². The molecule has 1 heterocycles. The molecule has 6 nitrogen and oxygen atoms in total. The highest BCUT2D eigenvalue weighted by atomic mass is 16.5. The number of hydrogen-bond donors (Lipinski definition) is 0. The summed E-state index contributed by atoms with van der Waals surface area (Å²) < 4.78 is 11.9. The molecule has 1 fully saturated rings. The van der Waals surface area contributed by atoms with Gasteiger partial charge >= 0.3 is 0 Å². The van der Waals surface area contributed by atoms with Crippen molar-refractivity contribution >= 4 is 5.91 Å². The first-order valence-electron chi connectivity index (χ1n) is 12.9. The number of ether oxygens (including phenoxy) is 2. The molecule has 0 N–H and O–H groups in total. The Hall–Kier alpha value is -3.66. The third kappa shape index (κ3) is 6.97. The lowest BCUT2D eigenvalue weighted by Crippen LogP contribution is -2.50. The second-order valence-corrected chi connectivity index (χ2v) is 9.38. The van der Waals surface area contributed by atoms with Crippen LogP contribution in [0.5, 0.6) is 5.75 Å². The van der Waals surface area contributed by atoms with Crippen molar-refractivity contribution in [3.05, 3.63) is 101 Å². The molecule has 0 aromatic heterocycles. The summed E-state index contributed by atoms with van der Waals surface area (Å²) in [6, 6.07) is 27.7. The number of carbonyl (C=O) groups is 1. The summed E-state index contributed by atoms with van der Waals surface area (Å²) in [6.07, 6.45) is 0.644. The number of amides is 1. The number of carbonyl (C=O) groups excluding carboxylic acids is 1. The maximum Gasteiger partial charge on any atom is 0.230 e. The van der Waals surface area contributed by atoms with Crippen molar-refractivity contribution in [3.8, 4) is 11.8 Å². The lowest BCUT2D eigenvalue weighted by molar-refractivity contribution is -0.135. The van der Waals surface area contributed by atoms with Crippen LogP contribution in [0.4, 0.5) is 0 Å². The molecule has 3 aromatic carbocycles. The van der Waals surface area contributed by atoms with E-state index in [-0.39, 0.29) is 17.9 Å². The second kappa shape index (κ2) is 13.0. The third-order valence-corrected chi connectivity index (χ3v) is 7.02. The van der Waals surface area contributed by atoms with Gasteiger partial charge in [0.1, 0.15) is 5.75 Å². The fraction of sp³-hybridized carbons (Fsp3) is 0.355. The number of benzene rings is 3. The first-order chi connectivity index (χ1) is 18.1. The van der Waals surface area contributed by atoms with Gasteiger partial charge in [-0.25, -0.2) is 0 Å². The van der Waals surface area contributed by atoms with Gasteiger partial charge in [0.25, 0.3) is 0 Å². The molecule has 0 saturated carbocycles. The minimum Gasteiger partial charge on any atom is -0.497 e. The normalized spacial score (nSPS) is 15.5. The molecule has 192 valence electrons. The van der Waals surface area contributed by atoms with E-state index in [1.807, 2.05) is 77.7 Å². The van der Waals surface area contributed by atoms with E-state index in [4.69, 9.17) is 14.7 Å². The Kier molecular flexibility index (Phi) is 9.31. The summed E-state index contributed by atoms with van der Waals surface area (Å²) in [5, 5.41) is 9.06. The number of piperazine rings is 1. The summed E-state index contributed by atoms with van der Waals surface area (Å²) in [4.78, 5) is 17.7. The maximum atomic E-state index is 13.3. The maximum absolute atomic E-state index is 13.3. The van der Waals surface area contributed by atoms with Crippen molar-refractivity contribution < 1.29 is 14.3 Å². The van der Waals surface area contributed by atoms with Crippen LogP contribution >= 0.6 is 0 Å². The minimum atomic E-state index is -0.152. The van der Waals surface area contributed by atoms with Gasteiger partial charge in [0.05, 0.1) is 37.4 Å². The molecule has 3 aromatic rings. The highest BCUT2D eigenvalue weighted by Gasteiger charge is 2.28. The number of nitriles is 1. The Labute approximate surface area is 220 Å². The summed E-state index contributed by atoms with van der Waals surface area (Å²) in [5.41, 5.74) is 3.81. The van der Waals surface area contributed by atoms with E-state index in [1.165, 1.54) is 0 Å². The Morgan fingerprint density at radius 1 is 0.946 bits per heavy atom. The van der Waals surface area contributed by atoms with Crippen LogP contribution in [0.25, 0.3) is 0 Å². The zero-order valence-electron chi connectivity index (χ0n) is 21.7. The molecule has 1 amide bonds. The van der Waals surface area contributed by atoms with Gasteiger partial charge in [-0.3, -0.25) is 9.69 Å². The molecule has 6 heteroatoms. The van der Waals surface area contributed by atoms with Crippen LogP contribution in [-0.2, 0) is 16.1 Å². The predicted molar refractivity (Wildman–Crippen MR) is 144 cm³/mol. The summed E-state index contributed by atoms with van der Waals surface area (Å²) >= 11 is 0. The van der Waals surface area contributed by atoms with Crippen LogP contribution in [0.1, 0.15) is 47.6 Å². The van der Waals surface area contributed by atoms with E-state index in [0.717, 1.165) is 48.5 Å². The molecule has 0 bridgehead atoms. The molecule has 4 rings (SSSR count). The van der Waals surface area contributed by atoms with Crippen LogP contribution < -0.4 is 4.74 Å². The lowest BCUT2D eigenvalue weighted by atomic mass is 9.95. The van der Waals surface area contributed by atoms with Gasteiger partial charge in [0, 0.05) is 32.7 Å². The van der Waals surface area contributed by atoms with Crippen molar-refractivity contribution in [2.24, 2.45) is 0 Å². The molecule has 1 aliphatic heterocycles. The van der Waals surface area contributed by atoms with Gasteiger partial charge in [-0.1, -0.05) is 61.5 Å². The van der Waals surface area contributed by atoms with E-state index < -0.39 is 0 Å². The SMILES string of the molecule is CC[C@@H](C(=O)N1CCN(C[C@H](OCc2ccc(C#N)cc2)c2cccc(OC)c2)CC1)c1ccccc1. The molecular formula is C31H35N3O3. The first kappa shape index (κ1) is 26.4. The zero-order chi connectivity index (χ0) is 26.0. The number of rotatable bonds is 10. The molecule has 1 saturated heterocycles. The summed E-state index contributed by atoms with van der Waals surface area (Å²) in [6.45, 7) is 6.28. The Morgan fingerprint density at radius 3 is 2.30 bits per heavy atom. The van der Waals surface area contributed by atoms with Gasteiger partial charge in [-0.15, -0.1) is 0 Å². The van der Waals surface area contributed by atoms with E-state index in [2.05, 4.69) is 24.0 Å². The van der Waals surface area contributed by atoms with E-state index >= 15 is 0 Å². The van der Waals surface area contributed by atoms with Gasteiger partial charge in [0.15, 0.2) is 0 Å². The van der Waals surface area contributed by atoms with Gasteiger partial charge < -0.3 is 14.4 Å². The van der Waals surface area contributed by atoms with Crippen LogP contribution in [0, 0.1) is 11.3 Å². The van der Waals surface area contributed by atoms with Crippen molar-refractivity contribution in [1.82, 2.24) is 9.80 Å². The average molecular weight is 498 g/mol. The summed E-state index contributed by atoms with van der Waals surface area (Å²) in [7, 11) is 1.67. The zero-order valence-corrected chi connectivity index (χ0v) is 21.7. The quantitative estimate of drug-likeness (QED) is 0.387. The fourth-order valence-corrected chi connectivity index (χ4v) is 4.81. The van der Waals surface area contributed by atoms with Crippen LogP contribution in [-0.4, -0.2) is 55.5 Å². The number of hydrogen-bond acceptors (Lipinski definition) is 5. The van der Waals surface area contributed by atoms with Gasteiger partial charge in [0.2, 0.25) is 5.91 Å². The Morgan fingerprint density at radius 2 is 1.65 bits per heavy atom. The predicted octanol–water partition coefficient (Wildman–Crippen LogP) is 5.16. The van der Waals surface area contributed by atoms with Crippen LogP contribution in [0.15, 0.2) is 78.9 Å². The topological polar surface area (TPSA) is 65.8 Å².